The third-order valence-corrected chi connectivity index (χ3v) is 6.60. The number of nitrogens with zero attached hydrogens (tertiary/aromatic N) is 1. The minimum Gasteiger partial charge on any atom is -0.325 e. The Kier molecular flexibility index (Phi) is 6.06. The van der Waals surface area contributed by atoms with E-state index in [2.05, 4.69) is 5.32 Å². The van der Waals surface area contributed by atoms with Crippen LogP contribution in [-0.2, 0) is 14.8 Å². The summed E-state index contributed by atoms with van der Waals surface area (Å²) in [5.74, 6) is -0.318. The summed E-state index contributed by atoms with van der Waals surface area (Å²) in [5, 5.41) is 2.79. The van der Waals surface area contributed by atoms with Crippen molar-refractivity contribution < 1.29 is 13.2 Å². The van der Waals surface area contributed by atoms with Crippen molar-refractivity contribution in [1.82, 2.24) is 4.31 Å². The first-order chi connectivity index (χ1) is 12.6. The van der Waals surface area contributed by atoms with Crippen LogP contribution >= 0.6 is 0 Å². The summed E-state index contributed by atoms with van der Waals surface area (Å²) in [7, 11) is -3.72. The monoisotopic (exact) mass is 372 g/mol. The van der Waals surface area contributed by atoms with Crippen molar-refractivity contribution in [3.05, 3.63) is 60.7 Å². The molecule has 0 heterocycles. The van der Waals surface area contributed by atoms with Crippen molar-refractivity contribution >= 4 is 21.6 Å². The highest BCUT2D eigenvalue weighted by Crippen LogP contribution is 2.27. The van der Waals surface area contributed by atoms with Crippen LogP contribution in [0, 0.1) is 0 Å². The smallest absolute Gasteiger partial charge is 0.243 e. The van der Waals surface area contributed by atoms with Crippen molar-refractivity contribution in [3.63, 3.8) is 0 Å². The zero-order valence-corrected chi connectivity index (χ0v) is 15.5. The van der Waals surface area contributed by atoms with Crippen molar-refractivity contribution in [3.8, 4) is 0 Å². The molecule has 1 amide bonds. The molecule has 0 unspecified atom stereocenters. The van der Waals surface area contributed by atoms with E-state index in [0.29, 0.717) is 5.69 Å². The number of rotatable bonds is 6. The molecule has 138 valence electrons. The van der Waals surface area contributed by atoms with Gasteiger partial charge in [0.25, 0.3) is 0 Å². The lowest BCUT2D eigenvalue weighted by molar-refractivity contribution is -0.116. The number of hydrogen-bond donors (Lipinski definition) is 1. The Hall–Kier alpha value is -2.18. The van der Waals surface area contributed by atoms with E-state index < -0.39 is 10.0 Å². The average Bonchev–Trinajstić information content (AvgIpc) is 2.68. The summed E-state index contributed by atoms with van der Waals surface area (Å²) >= 11 is 0. The Labute approximate surface area is 155 Å². The predicted octanol–water partition coefficient (Wildman–Crippen LogP) is 3.65. The minimum atomic E-state index is -3.72. The standard InChI is InChI=1S/C20H24N2O3S/c23-20(21-17-10-4-1-5-11-17)16-22(18-12-6-2-7-13-18)26(24,25)19-14-8-3-9-15-19/h1,3-5,8-11,14-15,18H,2,6-7,12-13,16H2,(H,21,23). The maximum absolute atomic E-state index is 13.2. The van der Waals surface area contributed by atoms with E-state index in [1.54, 1.807) is 42.5 Å². The molecule has 0 spiro atoms. The molecular weight excluding hydrogens is 348 g/mol. The quantitative estimate of drug-likeness (QED) is 0.842. The van der Waals surface area contributed by atoms with Gasteiger partial charge in [-0.05, 0) is 37.1 Å². The molecule has 1 fully saturated rings. The molecule has 2 aromatic rings. The number of carbonyl (C=O) groups is 1. The summed E-state index contributed by atoms with van der Waals surface area (Å²) < 4.78 is 27.7. The summed E-state index contributed by atoms with van der Waals surface area (Å²) in [6, 6.07) is 17.3. The van der Waals surface area contributed by atoms with Crippen LogP contribution in [0.4, 0.5) is 5.69 Å². The van der Waals surface area contributed by atoms with Gasteiger partial charge in [-0.15, -0.1) is 0 Å². The van der Waals surface area contributed by atoms with Crippen LogP contribution in [0.15, 0.2) is 65.6 Å². The number of sulfonamides is 1. The zero-order valence-electron chi connectivity index (χ0n) is 14.7. The lowest BCUT2D eigenvalue weighted by Crippen LogP contribution is -2.45. The molecule has 5 nitrogen and oxygen atoms in total. The summed E-state index contributed by atoms with van der Waals surface area (Å²) in [6.45, 7) is -0.170. The maximum atomic E-state index is 13.2. The largest absolute Gasteiger partial charge is 0.325 e. The molecule has 2 aromatic carbocycles. The van der Waals surface area contributed by atoms with Crippen LogP contribution in [0.25, 0.3) is 0 Å². The van der Waals surface area contributed by atoms with Gasteiger partial charge in [0, 0.05) is 11.7 Å². The second-order valence-electron chi connectivity index (χ2n) is 6.57. The normalized spacial score (nSPS) is 15.7. The van der Waals surface area contributed by atoms with Crippen LogP contribution in [0.5, 0.6) is 0 Å². The lowest BCUT2D eigenvalue weighted by atomic mass is 9.95. The van der Waals surface area contributed by atoms with Crippen LogP contribution in [0.3, 0.4) is 0 Å². The number of nitrogens with one attached hydrogen (secondary N) is 1. The minimum absolute atomic E-state index is 0.129. The van der Waals surface area contributed by atoms with Crippen LogP contribution in [-0.4, -0.2) is 31.2 Å². The highest BCUT2D eigenvalue weighted by Gasteiger charge is 2.33. The molecule has 3 rings (SSSR count). The van der Waals surface area contributed by atoms with Crippen molar-refractivity contribution in [1.29, 1.82) is 0 Å². The van der Waals surface area contributed by atoms with E-state index in [9.17, 15) is 13.2 Å². The molecule has 0 radical (unpaired) electrons. The van der Waals surface area contributed by atoms with Gasteiger partial charge in [0.05, 0.1) is 11.4 Å². The van der Waals surface area contributed by atoms with E-state index in [-0.39, 0.29) is 23.4 Å². The van der Waals surface area contributed by atoms with E-state index in [4.69, 9.17) is 0 Å². The van der Waals surface area contributed by atoms with E-state index in [1.807, 2.05) is 18.2 Å². The maximum Gasteiger partial charge on any atom is 0.243 e. The van der Waals surface area contributed by atoms with Crippen molar-refractivity contribution in [2.45, 2.75) is 43.0 Å². The van der Waals surface area contributed by atoms with Crippen molar-refractivity contribution in [2.75, 3.05) is 11.9 Å². The number of benzene rings is 2. The van der Waals surface area contributed by atoms with Gasteiger partial charge in [0.15, 0.2) is 0 Å². The van der Waals surface area contributed by atoms with Crippen LogP contribution in [0.2, 0.25) is 0 Å². The summed E-state index contributed by atoms with van der Waals surface area (Å²) in [6.07, 6.45) is 4.69. The van der Waals surface area contributed by atoms with Gasteiger partial charge in [0.1, 0.15) is 0 Å². The molecule has 1 saturated carbocycles. The Morgan fingerprint density at radius 3 is 2.12 bits per heavy atom. The summed E-state index contributed by atoms with van der Waals surface area (Å²) in [5.41, 5.74) is 0.665. The molecule has 0 bridgehead atoms. The number of amides is 1. The first-order valence-electron chi connectivity index (χ1n) is 8.99. The number of para-hydroxylation sites is 1. The van der Waals surface area contributed by atoms with E-state index in [1.165, 1.54) is 4.31 Å². The van der Waals surface area contributed by atoms with Gasteiger partial charge < -0.3 is 5.32 Å². The average molecular weight is 372 g/mol. The van der Waals surface area contributed by atoms with Crippen LogP contribution < -0.4 is 5.32 Å². The SMILES string of the molecule is O=C(CN(C1CCCCC1)S(=O)(=O)c1ccccc1)Nc1ccccc1. The topological polar surface area (TPSA) is 66.5 Å². The fraction of sp³-hybridized carbons (Fsp3) is 0.350. The van der Waals surface area contributed by atoms with Gasteiger partial charge in [-0.3, -0.25) is 4.79 Å². The van der Waals surface area contributed by atoms with Gasteiger partial charge in [-0.25, -0.2) is 8.42 Å². The van der Waals surface area contributed by atoms with Crippen LogP contribution in [0.1, 0.15) is 32.1 Å². The molecule has 26 heavy (non-hydrogen) atoms. The second kappa shape index (κ2) is 8.47. The Morgan fingerprint density at radius 2 is 1.50 bits per heavy atom. The number of anilines is 1. The van der Waals surface area contributed by atoms with E-state index in [0.717, 1.165) is 32.1 Å². The lowest BCUT2D eigenvalue weighted by Gasteiger charge is -2.33. The number of hydrogen-bond acceptors (Lipinski definition) is 3. The molecule has 1 N–H and O–H groups in total. The first-order valence-corrected chi connectivity index (χ1v) is 10.4. The fourth-order valence-corrected chi connectivity index (χ4v) is 5.03. The molecular formula is C20H24N2O3S. The molecule has 0 saturated heterocycles. The molecule has 0 aliphatic heterocycles. The fourth-order valence-electron chi connectivity index (χ4n) is 3.37. The summed E-state index contributed by atoms with van der Waals surface area (Å²) in [4.78, 5) is 12.8. The van der Waals surface area contributed by atoms with E-state index >= 15 is 0 Å². The molecule has 0 atom stereocenters. The number of carbonyl (C=O) groups excluding carboxylic acids is 1. The third kappa shape index (κ3) is 4.51. The van der Waals surface area contributed by atoms with Gasteiger partial charge >= 0.3 is 0 Å². The Bertz CT molecular complexity index is 817. The first kappa shape index (κ1) is 18.6. The van der Waals surface area contributed by atoms with Gasteiger partial charge in [-0.2, -0.15) is 4.31 Å². The van der Waals surface area contributed by atoms with Crippen molar-refractivity contribution in [2.24, 2.45) is 0 Å². The highest BCUT2D eigenvalue weighted by molar-refractivity contribution is 7.89. The zero-order chi connectivity index (χ0) is 18.4. The predicted molar refractivity (Wildman–Crippen MR) is 102 cm³/mol. The molecule has 0 aromatic heterocycles. The molecule has 1 aliphatic carbocycles. The van der Waals surface area contributed by atoms with Gasteiger partial charge in [0.2, 0.25) is 15.9 Å². The second-order valence-corrected chi connectivity index (χ2v) is 8.46. The van der Waals surface area contributed by atoms with Gasteiger partial charge in [-0.1, -0.05) is 55.7 Å². The molecule has 6 heteroatoms. The molecule has 1 aliphatic rings. The Morgan fingerprint density at radius 1 is 0.923 bits per heavy atom. The third-order valence-electron chi connectivity index (χ3n) is 4.69. The highest BCUT2D eigenvalue weighted by atomic mass is 32.2. The Balaban J connectivity index is 1.82.